The minimum atomic E-state index is -0.568. The highest BCUT2D eigenvalue weighted by molar-refractivity contribution is 5.87. The number of anilines is 1. The van der Waals surface area contributed by atoms with Crippen molar-refractivity contribution in [1.82, 2.24) is 15.1 Å². The second kappa shape index (κ2) is 10.3. The van der Waals surface area contributed by atoms with Crippen LogP contribution in [0.3, 0.4) is 0 Å². The Balaban J connectivity index is 1.36. The Labute approximate surface area is 206 Å². The number of esters is 1. The van der Waals surface area contributed by atoms with Crippen molar-refractivity contribution in [3.05, 3.63) is 65.9 Å². The van der Waals surface area contributed by atoms with Crippen molar-refractivity contribution in [2.45, 2.75) is 32.9 Å². The Morgan fingerprint density at radius 2 is 1.71 bits per heavy atom. The van der Waals surface area contributed by atoms with Gasteiger partial charge in [0.1, 0.15) is 17.1 Å². The average Bonchev–Trinajstić information content (AvgIpc) is 2.84. The molecule has 1 aliphatic heterocycles. The van der Waals surface area contributed by atoms with Crippen LogP contribution < -0.4 is 9.64 Å². The minimum absolute atomic E-state index is 0.212. The number of benzene rings is 2. The van der Waals surface area contributed by atoms with Gasteiger partial charge < -0.3 is 19.5 Å². The van der Waals surface area contributed by atoms with Crippen molar-refractivity contribution in [2.75, 3.05) is 38.2 Å². The van der Waals surface area contributed by atoms with Crippen LogP contribution in [0.4, 0.5) is 5.82 Å². The number of aromatic nitrogens is 2. The highest BCUT2D eigenvalue weighted by atomic mass is 16.6. The van der Waals surface area contributed by atoms with Gasteiger partial charge in [-0.25, -0.2) is 4.79 Å². The molecule has 2 heterocycles. The third-order valence-electron chi connectivity index (χ3n) is 5.82. The van der Waals surface area contributed by atoms with E-state index in [9.17, 15) is 9.90 Å². The molecule has 0 saturated carbocycles. The molecule has 1 saturated heterocycles. The Morgan fingerprint density at radius 3 is 2.34 bits per heavy atom. The SMILES string of the molecule is COc1cc(-c2cccc(O)c2)ccc1CN1CCN(c2ccc(C(=O)OC(C)(C)C)nn2)CC1. The highest BCUT2D eigenvalue weighted by Gasteiger charge is 2.22. The van der Waals surface area contributed by atoms with Crippen molar-refractivity contribution >= 4 is 11.8 Å². The highest BCUT2D eigenvalue weighted by Crippen LogP contribution is 2.30. The first kappa shape index (κ1) is 24.5. The first-order valence-electron chi connectivity index (χ1n) is 11.7. The largest absolute Gasteiger partial charge is 0.508 e. The molecular weight excluding hydrogens is 444 g/mol. The fourth-order valence-electron chi connectivity index (χ4n) is 4.05. The number of phenols is 1. The molecule has 4 rings (SSSR count). The zero-order valence-electron chi connectivity index (χ0n) is 20.7. The smallest absolute Gasteiger partial charge is 0.359 e. The van der Waals surface area contributed by atoms with E-state index >= 15 is 0 Å². The molecular formula is C27H32N4O4. The lowest BCUT2D eigenvalue weighted by Gasteiger charge is -2.35. The van der Waals surface area contributed by atoms with Gasteiger partial charge >= 0.3 is 5.97 Å². The normalized spacial score (nSPS) is 14.6. The molecule has 1 aliphatic rings. The maximum atomic E-state index is 12.2. The number of aromatic hydroxyl groups is 1. The van der Waals surface area contributed by atoms with Gasteiger partial charge in [-0.15, -0.1) is 10.2 Å². The summed E-state index contributed by atoms with van der Waals surface area (Å²) in [5.74, 6) is 1.36. The third kappa shape index (κ3) is 6.27. The van der Waals surface area contributed by atoms with E-state index in [1.807, 2.05) is 45.0 Å². The van der Waals surface area contributed by atoms with Crippen LogP contribution in [0.1, 0.15) is 36.8 Å². The third-order valence-corrected chi connectivity index (χ3v) is 5.82. The lowest BCUT2D eigenvalue weighted by atomic mass is 10.0. The van der Waals surface area contributed by atoms with Crippen LogP contribution in [0.15, 0.2) is 54.6 Å². The van der Waals surface area contributed by atoms with Gasteiger partial charge in [0, 0.05) is 38.3 Å². The standard InChI is InChI=1S/C27H32N4O4/c1-27(2,3)35-26(33)23-10-11-25(29-28-23)31-14-12-30(13-15-31)18-21-9-8-20(17-24(21)34-4)19-6-5-7-22(32)16-19/h5-11,16-17,32H,12-15,18H2,1-4H3. The van der Waals surface area contributed by atoms with Gasteiger partial charge in [0.2, 0.25) is 0 Å². The fourth-order valence-corrected chi connectivity index (χ4v) is 4.05. The molecule has 0 spiro atoms. The van der Waals surface area contributed by atoms with Gasteiger partial charge in [-0.3, -0.25) is 4.90 Å². The summed E-state index contributed by atoms with van der Waals surface area (Å²) in [6.07, 6.45) is 0. The predicted octanol–water partition coefficient (Wildman–Crippen LogP) is 4.14. The number of carbonyl (C=O) groups excluding carboxylic acids is 1. The molecule has 0 radical (unpaired) electrons. The van der Waals surface area contributed by atoms with Crippen molar-refractivity contribution in [1.29, 1.82) is 0 Å². The lowest BCUT2D eigenvalue weighted by Crippen LogP contribution is -2.46. The van der Waals surface area contributed by atoms with E-state index < -0.39 is 11.6 Å². The number of nitrogens with zero attached hydrogens (tertiary/aromatic N) is 4. The molecule has 1 N–H and O–H groups in total. The topological polar surface area (TPSA) is 88.0 Å². The molecule has 8 heteroatoms. The van der Waals surface area contributed by atoms with E-state index in [0.29, 0.717) is 0 Å². The summed E-state index contributed by atoms with van der Waals surface area (Å²) in [7, 11) is 1.68. The number of ether oxygens (including phenoxy) is 2. The first-order valence-corrected chi connectivity index (χ1v) is 11.7. The van der Waals surface area contributed by atoms with Crippen molar-refractivity contribution < 1.29 is 19.4 Å². The summed E-state index contributed by atoms with van der Waals surface area (Å²) in [5, 5.41) is 18.1. The monoisotopic (exact) mass is 476 g/mol. The van der Waals surface area contributed by atoms with Gasteiger partial charge in [0.05, 0.1) is 7.11 Å². The van der Waals surface area contributed by atoms with E-state index in [-0.39, 0.29) is 11.4 Å². The van der Waals surface area contributed by atoms with Gasteiger partial charge in [0.15, 0.2) is 11.5 Å². The number of hydrogen-bond acceptors (Lipinski definition) is 8. The number of methoxy groups -OCH3 is 1. The van der Waals surface area contributed by atoms with Crippen LogP contribution in [0.2, 0.25) is 0 Å². The molecule has 0 atom stereocenters. The molecule has 8 nitrogen and oxygen atoms in total. The van der Waals surface area contributed by atoms with Crippen LogP contribution in [0.5, 0.6) is 11.5 Å². The predicted molar refractivity (Wildman–Crippen MR) is 135 cm³/mol. The second-order valence-electron chi connectivity index (χ2n) is 9.62. The second-order valence-corrected chi connectivity index (χ2v) is 9.62. The van der Waals surface area contributed by atoms with Crippen molar-refractivity contribution in [3.8, 4) is 22.6 Å². The van der Waals surface area contributed by atoms with Gasteiger partial charge in [-0.1, -0.05) is 24.3 Å². The Morgan fingerprint density at radius 1 is 0.971 bits per heavy atom. The Hall–Kier alpha value is -3.65. The molecule has 1 aromatic heterocycles. The van der Waals surface area contributed by atoms with E-state index in [4.69, 9.17) is 9.47 Å². The quantitative estimate of drug-likeness (QED) is 0.531. The fraction of sp³-hybridized carbons (Fsp3) is 0.370. The van der Waals surface area contributed by atoms with Crippen LogP contribution in [0, 0.1) is 0 Å². The molecule has 0 amide bonds. The zero-order chi connectivity index (χ0) is 25.0. The summed E-state index contributed by atoms with van der Waals surface area (Å²) in [5.41, 5.74) is 2.71. The van der Waals surface area contributed by atoms with Crippen molar-refractivity contribution in [3.63, 3.8) is 0 Å². The molecule has 1 fully saturated rings. The number of phenolic OH excluding ortho intramolecular Hbond substituents is 1. The number of rotatable bonds is 6. The number of hydrogen-bond donors (Lipinski definition) is 1. The minimum Gasteiger partial charge on any atom is -0.508 e. The van der Waals surface area contributed by atoms with Crippen LogP contribution >= 0.6 is 0 Å². The van der Waals surface area contributed by atoms with E-state index in [2.05, 4.69) is 32.1 Å². The summed E-state index contributed by atoms with van der Waals surface area (Å²) in [4.78, 5) is 16.7. The molecule has 0 unspecified atom stereocenters. The molecule has 35 heavy (non-hydrogen) atoms. The molecule has 0 aliphatic carbocycles. The molecule has 3 aromatic rings. The lowest BCUT2D eigenvalue weighted by molar-refractivity contribution is 0.00616. The van der Waals surface area contributed by atoms with Crippen LogP contribution in [-0.4, -0.2) is 65.1 Å². The Kier molecular flexibility index (Phi) is 7.21. The number of piperazine rings is 1. The van der Waals surface area contributed by atoms with Gasteiger partial charge in [-0.2, -0.15) is 0 Å². The number of carbonyl (C=O) groups is 1. The summed E-state index contributed by atoms with van der Waals surface area (Å²) < 4.78 is 11.0. The zero-order valence-corrected chi connectivity index (χ0v) is 20.7. The van der Waals surface area contributed by atoms with Crippen LogP contribution in [0.25, 0.3) is 11.1 Å². The van der Waals surface area contributed by atoms with E-state index in [0.717, 1.165) is 61.0 Å². The maximum absolute atomic E-state index is 12.2. The van der Waals surface area contributed by atoms with Gasteiger partial charge in [0.25, 0.3) is 0 Å². The average molecular weight is 477 g/mol. The van der Waals surface area contributed by atoms with Crippen LogP contribution in [-0.2, 0) is 11.3 Å². The molecule has 184 valence electrons. The molecule has 0 bridgehead atoms. The summed E-state index contributed by atoms with van der Waals surface area (Å²) >= 11 is 0. The van der Waals surface area contributed by atoms with Crippen molar-refractivity contribution in [2.24, 2.45) is 0 Å². The summed E-state index contributed by atoms with van der Waals surface area (Å²) in [6, 6.07) is 16.9. The van der Waals surface area contributed by atoms with E-state index in [1.165, 1.54) is 0 Å². The first-order chi connectivity index (χ1) is 16.7. The van der Waals surface area contributed by atoms with Gasteiger partial charge in [-0.05, 0) is 62.2 Å². The Bertz CT molecular complexity index is 1170. The maximum Gasteiger partial charge on any atom is 0.359 e. The summed E-state index contributed by atoms with van der Waals surface area (Å²) in [6.45, 7) is 9.61. The molecule has 2 aromatic carbocycles. The van der Waals surface area contributed by atoms with E-state index in [1.54, 1.807) is 25.3 Å².